The third-order valence-electron chi connectivity index (χ3n) is 4.83. The van der Waals surface area contributed by atoms with Gasteiger partial charge in [-0.3, -0.25) is 14.5 Å². The molecule has 5 nitrogen and oxygen atoms in total. The van der Waals surface area contributed by atoms with Gasteiger partial charge in [0.15, 0.2) is 0 Å². The van der Waals surface area contributed by atoms with Gasteiger partial charge in [-0.25, -0.2) is 0 Å². The van der Waals surface area contributed by atoms with E-state index in [-0.39, 0.29) is 23.4 Å². The summed E-state index contributed by atoms with van der Waals surface area (Å²) in [4.78, 5) is 16.2. The summed E-state index contributed by atoms with van der Waals surface area (Å²) in [5.74, 6) is 0.433. The van der Waals surface area contributed by atoms with Gasteiger partial charge in [0.2, 0.25) is 0 Å². The molecule has 4 rings (SSSR count). The summed E-state index contributed by atoms with van der Waals surface area (Å²) >= 11 is 0.985. The average Bonchev–Trinajstić information content (AvgIpc) is 3.28. The molecule has 1 aliphatic heterocycles. The van der Waals surface area contributed by atoms with E-state index in [0.29, 0.717) is 33.3 Å². The molecule has 1 fully saturated rings. The fraction of sp³-hybridized carbons (Fsp3) is 0.190. The lowest BCUT2D eigenvalue weighted by atomic mass is 10.0. The lowest BCUT2D eigenvalue weighted by Crippen LogP contribution is -2.18. The smallest absolute Gasteiger partial charge is 0.300 e. The number of fused-ring (bicyclic) bond motifs is 1. The van der Waals surface area contributed by atoms with Crippen molar-refractivity contribution in [3.63, 3.8) is 0 Å². The number of nitrogens with zero attached hydrogens (tertiary/aromatic N) is 3. The van der Waals surface area contributed by atoms with Crippen molar-refractivity contribution < 1.29 is 31.1 Å². The molecule has 1 N–H and O–H groups in total. The first-order valence-electron chi connectivity index (χ1n) is 9.36. The second-order valence-electron chi connectivity index (χ2n) is 7.11. The van der Waals surface area contributed by atoms with Gasteiger partial charge in [0, 0.05) is 18.6 Å². The van der Waals surface area contributed by atoms with E-state index >= 15 is 0 Å². The predicted octanol–water partition coefficient (Wildman–Crippen LogP) is 5.95. The maximum absolute atomic E-state index is 13.4. The summed E-state index contributed by atoms with van der Waals surface area (Å²) in [7, 11) is 1.54. The van der Waals surface area contributed by atoms with Gasteiger partial charge in [0.25, 0.3) is 5.24 Å². The fourth-order valence-electron chi connectivity index (χ4n) is 3.34. The summed E-state index contributed by atoms with van der Waals surface area (Å²) in [5, 5.41) is 7.19. The van der Waals surface area contributed by atoms with Crippen molar-refractivity contribution >= 4 is 39.8 Å². The SMILES string of the molecule is CN=C1NC(=O)S/C1=C\c1ccc2nn(Cc3ccc(C(F)(F)F)cc3C(F)(F)F)cc2c1. The Bertz CT molecular complexity index is 1310. The first-order chi connectivity index (χ1) is 15.4. The number of nitrogens with one attached hydrogen (secondary N) is 1. The number of thioether (sulfide) groups is 1. The Morgan fingerprint density at radius 1 is 1.09 bits per heavy atom. The first-order valence-corrected chi connectivity index (χ1v) is 10.2. The molecule has 2 aromatic carbocycles. The van der Waals surface area contributed by atoms with Gasteiger partial charge in [-0.05, 0) is 53.2 Å². The van der Waals surface area contributed by atoms with Crippen LogP contribution in [0.2, 0.25) is 0 Å². The summed E-state index contributed by atoms with van der Waals surface area (Å²) < 4.78 is 80.1. The van der Waals surface area contributed by atoms with E-state index in [9.17, 15) is 31.1 Å². The van der Waals surface area contributed by atoms with Gasteiger partial charge in [-0.1, -0.05) is 12.1 Å². The van der Waals surface area contributed by atoms with E-state index < -0.39 is 23.5 Å². The third-order valence-corrected chi connectivity index (χ3v) is 5.65. The number of amides is 1. The summed E-state index contributed by atoms with van der Waals surface area (Å²) in [5.41, 5.74) is -1.84. The molecular formula is C21H14F6N4OS. The highest BCUT2D eigenvalue weighted by Crippen LogP contribution is 2.37. The van der Waals surface area contributed by atoms with Crippen LogP contribution in [-0.4, -0.2) is 27.9 Å². The molecule has 3 aromatic rings. The van der Waals surface area contributed by atoms with Gasteiger partial charge in [-0.2, -0.15) is 31.4 Å². The lowest BCUT2D eigenvalue weighted by molar-refractivity contribution is -0.143. The Labute approximate surface area is 187 Å². The molecule has 33 heavy (non-hydrogen) atoms. The predicted molar refractivity (Wildman–Crippen MR) is 113 cm³/mol. The number of carbonyl (C=O) groups is 1. The van der Waals surface area contributed by atoms with Gasteiger partial charge in [0.05, 0.1) is 28.1 Å². The van der Waals surface area contributed by atoms with Crippen LogP contribution >= 0.6 is 11.8 Å². The number of halogens is 6. The van der Waals surface area contributed by atoms with Gasteiger partial charge in [-0.15, -0.1) is 0 Å². The molecule has 0 radical (unpaired) electrons. The molecule has 0 aliphatic carbocycles. The average molecular weight is 484 g/mol. The summed E-state index contributed by atoms with van der Waals surface area (Å²) in [6, 6.07) is 6.68. The van der Waals surface area contributed by atoms with Crippen LogP contribution < -0.4 is 5.32 Å². The number of amidine groups is 1. The maximum Gasteiger partial charge on any atom is 0.416 e. The van der Waals surface area contributed by atoms with E-state index in [2.05, 4.69) is 15.4 Å². The molecular weight excluding hydrogens is 470 g/mol. The minimum absolute atomic E-state index is 0.115. The summed E-state index contributed by atoms with van der Waals surface area (Å²) in [6.07, 6.45) is -6.59. The first kappa shape index (κ1) is 22.9. The van der Waals surface area contributed by atoms with Crippen LogP contribution in [0.1, 0.15) is 22.3 Å². The molecule has 0 saturated carbocycles. The molecule has 1 saturated heterocycles. The van der Waals surface area contributed by atoms with Crippen LogP contribution in [0.5, 0.6) is 0 Å². The molecule has 12 heteroatoms. The van der Waals surface area contributed by atoms with Crippen molar-refractivity contribution in [3.05, 3.63) is 69.8 Å². The summed E-state index contributed by atoms with van der Waals surface area (Å²) in [6.45, 7) is -0.362. The number of carbonyl (C=O) groups excluding carboxylic acids is 1. The van der Waals surface area contributed by atoms with E-state index in [0.717, 1.165) is 17.8 Å². The highest BCUT2D eigenvalue weighted by atomic mass is 32.2. The van der Waals surface area contributed by atoms with Gasteiger partial charge >= 0.3 is 12.4 Å². The van der Waals surface area contributed by atoms with Crippen molar-refractivity contribution in [3.8, 4) is 0 Å². The van der Waals surface area contributed by atoms with Gasteiger partial charge < -0.3 is 5.32 Å². The van der Waals surface area contributed by atoms with E-state index in [1.807, 2.05) is 0 Å². The van der Waals surface area contributed by atoms with Crippen molar-refractivity contribution in [2.45, 2.75) is 18.9 Å². The number of alkyl halides is 6. The number of hydrogen-bond donors (Lipinski definition) is 1. The normalized spacial score (nSPS) is 17.4. The third kappa shape index (κ3) is 4.90. The Kier molecular flexibility index (Phi) is 5.72. The van der Waals surface area contributed by atoms with E-state index in [1.54, 1.807) is 31.3 Å². The van der Waals surface area contributed by atoms with Crippen LogP contribution in [0.4, 0.5) is 31.1 Å². The van der Waals surface area contributed by atoms with E-state index in [4.69, 9.17) is 0 Å². The molecule has 1 amide bonds. The Balaban J connectivity index is 1.66. The topological polar surface area (TPSA) is 59.3 Å². The van der Waals surface area contributed by atoms with E-state index in [1.165, 1.54) is 10.9 Å². The second kappa shape index (κ2) is 8.25. The zero-order chi connectivity index (χ0) is 24.0. The number of hydrogen-bond acceptors (Lipinski definition) is 4. The van der Waals surface area contributed by atoms with Crippen LogP contribution in [0.3, 0.4) is 0 Å². The second-order valence-corrected chi connectivity index (χ2v) is 8.12. The maximum atomic E-state index is 13.4. The van der Waals surface area contributed by atoms with Crippen molar-refractivity contribution in [1.29, 1.82) is 0 Å². The van der Waals surface area contributed by atoms with Gasteiger partial charge in [0.1, 0.15) is 5.84 Å². The zero-order valence-corrected chi connectivity index (χ0v) is 17.6. The van der Waals surface area contributed by atoms with Crippen molar-refractivity contribution in [1.82, 2.24) is 15.1 Å². The van der Waals surface area contributed by atoms with Crippen LogP contribution in [-0.2, 0) is 18.9 Å². The lowest BCUT2D eigenvalue weighted by Gasteiger charge is -2.16. The standard InChI is InChI=1S/C21H14F6N4OS/c1-28-18-17(33-19(32)29-18)7-11-2-5-16-13(6-11)10-31(30-16)9-12-3-4-14(20(22,23)24)8-15(12)21(25,26)27/h2-8,10H,9H2,1H3,(H,28,29,32)/b17-7-. The molecule has 0 atom stereocenters. The number of benzene rings is 2. The molecule has 1 aromatic heterocycles. The quantitative estimate of drug-likeness (QED) is 0.468. The highest BCUT2D eigenvalue weighted by molar-refractivity contribution is 8.18. The van der Waals surface area contributed by atoms with Crippen LogP contribution in [0.15, 0.2) is 52.5 Å². The highest BCUT2D eigenvalue weighted by Gasteiger charge is 2.38. The fourth-order valence-corrected chi connectivity index (χ4v) is 4.12. The minimum atomic E-state index is -4.95. The zero-order valence-electron chi connectivity index (χ0n) is 16.8. The Morgan fingerprint density at radius 2 is 1.85 bits per heavy atom. The number of aromatic nitrogens is 2. The Hall–Kier alpha value is -3.28. The van der Waals surface area contributed by atoms with Crippen molar-refractivity contribution in [2.24, 2.45) is 4.99 Å². The monoisotopic (exact) mass is 484 g/mol. The Morgan fingerprint density at radius 3 is 2.52 bits per heavy atom. The number of rotatable bonds is 3. The van der Waals surface area contributed by atoms with Crippen LogP contribution in [0, 0.1) is 0 Å². The molecule has 1 aliphatic rings. The number of aliphatic imine (C=N–C) groups is 1. The largest absolute Gasteiger partial charge is 0.416 e. The minimum Gasteiger partial charge on any atom is -0.300 e. The molecule has 0 bridgehead atoms. The van der Waals surface area contributed by atoms with Crippen molar-refractivity contribution in [2.75, 3.05) is 7.05 Å². The molecule has 172 valence electrons. The molecule has 0 spiro atoms. The van der Waals surface area contributed by atoms with Crippen LogP contribution in [0.25, 0.3) is 17.0 Å². The molecule has 0 unspecified atom stereocenters. The molecule has 2 heterocycles.